The fraction of sp³-hybridized carbons (Fsp3) is 0.174. The van der Waals surface area contributed by atoms with Crippen molar-refractivity contribution in [3.8, 4) is 11.1 Å². The van der Waals surface area contributed by atoms with E-state index in [1.165, 1.54) is 24.3 Å². The fourth-order valence-electron chi connectivity index (χ4n) is 3.16. The summed E-state index contributed by atoms with van der Waals surface area (Å²) in [6, 6.07) is 15.5. The number of carbonyl (C=O) groups is 1. The van der Waals surface area contributed by atoms with Crippen LogP contribution >= 0.6 is 23.2 Å². The van der Waals surface area contributed by atoms with Gasteiger partial charge in [-0.15, -0.1) is 0 Å². The minimum atomic E-state index is -3.32. The molecule has 33 heavy (non-hydrogen) atoms. The summed E-state index contributed by atoms with van der Waals surface area (Å²) in [6.45, 7) is 1.58. The molecule has 0 unspecified atom stereocenters. The third-order valence-corrected chi connectivity index (χ3v) is 8.40. The van der Waals surface area contributed by atoms with Crippen LogP contribution in [-0.4, -0.2) is 34.8 Å². The Kier molecular flexibility index (Phi) is 7.53. The van der Waals surface area contributed by atoms with Gasteiger partial charge in [0.1, 0.15) is 0 Å². The highest BCUT2D eigenvalue weighted by molar-refractivity contribution is 7.91. The monoisotopic (exact) mass is 525 g/mol. The zero-order valence-electron chi connectivity index (χ0n) is 17.8. The Bertz CT molecular complexity index is 1380. The molecule has 0 radical (unpaired) electrons. The number of sulfone groups is 2. The maximum Gasteiger partial charge on any atom is 0.228 e. The number of halogens is 2. The molecule has 0 saturated heterocycles. The summed E-state index contributed by atoms with van der Waals surface area (Å²) in [6.07, 6.45) is 1.15. The van der Waals surface area contributed by atoms with Crippen molar-refractivity contribution in [3.63, 3.8) is 0 Å². The first-order chi connectivity index (χ1) is 15.4. The van der Waals surface area contributed by atoms with Crippen LogP contribution in [-0.2, 0) is 30.9 Å². The average molecular weight is 526 g/mol. The van der Waals surface area contributed by atoms with Crippen LogP contribution in [0.15, 0.2) is 70.5 Å². The summed E-state index contributed by atoms with van der Waals surface area (Å²) in [7, 11) is -6.62. The lowest BCUT2D eigenvalue weighted by atomic mass is 10.0. The van der Waals surface area contributed by atoms with Crippen molar-refractivity contribution in [2.24, 2.45) is 0 Å². The van der Waals surface area contributed by atoms with Crippen molar-refractivity contribution in [1.29, 1.82) is 0 Å². The van der Waals surface area contributed by atoms with Gasteiger partial charge in [-0.1, -0.05) is 54.4 Å². The molecule has 0 spiro atoms. The van der Waals surface area contributed by atoms with Gasteiger partial charge < -0.3 is 5.32 Å². The predicted molar refractivity (Wildman–Crippen MR) is 132 cm³/mol. The first-order valence-electron chi connectivity index (χ1n) is 9.82. The third-order valence-electron chi connectivity index (χ3n) is 4.92. The summed E-state index contributed by atoms with van der Waals surface area (Å²) >= 11 is 12.8. The van der Waals surface area contributed by atoms with Gasteiger partial charge in [0.2, 0.25) is 5.91 Å². The molecular formula is C23H21Cl2NO5S2. The Labute approximate surface area is 203 Å². The van der Waals surface area contributed by atoms with E-state index in [0.717, 1.165) is 6.26 Å². The number of amides is 1. The lowest BCUT2D eigenvalue weighted by Crippen LogP contribution is -2.14. The molecule has 0 aliphatic rings. The maximum atomic E-state index is 12.4. The third kappa shape index (κ3) is 6.14. The number of benzene rings is 3. The van der Waals surface area contributed by atoms with Gasteiger partial charge in [-0.3, -0.25) is 4.79 Å². The predicted octanol–water partition coefficient (Wildman–Crippen LogP) is 5.04. The van der Waals surface area contributed by atoms with Crippen LogP contribution in [0, 0.1) is 0 Å². The number of anilines is 1. The normalized spacial score (nSPS) is 11.9. The Morgan fingerprint density at radius 2 is 1.36 bits per heavy atom. The number of hydrogen-bond acceptors (Lipinski definition) is 5. The second-order valence-electron chi connectivity index (χ2n) is 7.38. The molecule has 3 aromatic carbocycles. The molecule has 0 fully saturated rings. The number of rotatable bonds is 7. The molecule has 1 amide bonds. The molecule has 10 heteroatoms. The lowest BCUT2D eigenvalue weighted by Gasteiger charge is -2.12. The highest BCUT2D eigenvalue weighted by atomic mass is 35.5. The number of carbonyl (C=O) groups excluding carboxylic acids is 1. The molecule has 3 rings (SSSR count). The summed E-state index contributed by atoms with van der Waals surface area (Å²) in [5, 5.41) is 3.31. The molecule has 0 aromatic heterocycles. The van der Waals surface area contributed by atoms with Gasteiger partial charge in [-0.05, 0) is 47.5 Å². The van der Waals surface area contributed by atoms with Crippen LogP contribution in [0.5, 0.6) is 0 Å². The van der Waals surface area contributed by atoms with Gasteiger partial charge >= 0.3 is 0 Å². The van der Waals surface area contributed by atoms with Crippen molar-refractivity contribution < 1.29 is 21.6 Å². The van der Waals surface area contributed by atoms with E-state index in [2.05, 4.69) is 5.32 Å². The molecule has 0 bridgehead atoms. The van der Waals surface area contributed by atoms with Gasteiger partial charge in [0.25, 0.3) is 0 Å². The lowest BCUT2D eigenvalue weighted by molar-refractivity contribution is -0.115. The van der Waals surface area contributed by atoms with E-state index in [-0.39, 0.29) is 27.9 Å². The van der Waals surface area contributed by atoms with E-state index < -0.39 is 19.7 Å². The number of nitrogens with one attached hydrogen (secondary N) is 1. The summed E-state index contributed by atoms with van der Waals surface area (Å²) in [4.78, 5) is 12.8. The second-order valence-corrected chi connectivity index (χ2v) is 12.5. The molecule has 0 aliphatic heterocycles. The highest BCUT2D eigenvalue weighted by Gasteiger charge is 2.15. The fourth-order valence-corrected chi connectivity index (χ4v) is 5.38. The van der Waals surface area contributed by atoms with Gasteiger partial charge in [-0.25, -0.2) is 16.8 Å². The summed E-state index contributed by atoms with van der Waals surface area (Å²) in [5.74, 6) is -0.319. The van der Waals surface area contributed by atoms with E-state index in [1.807, 2.05) is 0 Å². The highest BCUT2D eigenvalue weighted by Crippen LogP contribution is 2.37. The Balaban J connectivity index is 1.77. The number of hydrogen-bond donors (Lipinski definition) is 1. The first-order valence-corrected chi connectivity index (χ1v) is 14.1. The van der Waals surface area contributed by atoms with E-state index in [9.17, 15) is 21.6 Å². The van der Waals surface area contributed by atoms with Crippen LogP contribution in [0.3, 0.4) is 0 Å². The molecule has 0 aliphatic carbocycles. The maximum absolute atomic E-state index is 12.4. The van der Waals surface area contributed by atoms with Crippen molar-refractivity contribution >= 4 is 54.5 Å². The molecular weight excluding hydrogens is 505 g/mol. The van der Waals surface area contributed by atoms with Gasteiger partial charge in [0.15, 0.2) is 19.7 Å². The topological polar surface area (TPSA) is 97.4 Å². The molecule has 0 heterocycles. The molecule has 0 saturated carbocycles. The average Bonchev–Trinajstić information content (AvgIpc) is 2.73. The van der Waals surface area contributed by atoms with Crippen molar-refractivity contribution in [1.82, 2.24) is 0 Å². The minimum Gasteiger partial charge on any atom is -0.326 e. The van der Waals surface area contributed by atoms with Gasteiger partial charge in [0.05, 0.1) is 32.0 Å². The Hall–Kier alpha value is -2.39. The van der Waals surface area contributed by atoms with Gasteiger partial charge in [0, 0.05) is 17.5 Å². The molecule has 174 valence electrons. The molecule has 3 aromatic rings. The van der Waals surface area contributed by atoms with Crippen LogP contribution in [0.25, 0.3) is 11.1 Å². The van der Waals surface area contributed by atoms with E-state index in [0.29, 0.717) is 32.4 Å². The van der Waals surface area contributed by atoms with E-state index >= 15 is 0 Å². The SMILES string of the molecule is CCS(=O)(=O)c1ccc(-c2c(Cl)cc(NC(=O)Cc3ccc(S(C)(=O)=O)cc3)cc2Cl)cc1. The van der Waals surface area contributed by atoms with Crippen molar-refractivity contribution in [3.05, 3.63) is 76.3 Å². The van der Waals surface area contributed by atoms with E-state index in [4.69, 9.17) is 23.2 Å². The Morgan fingerprint density at radius 3 is 1.85 bits per heavy atom. The van der Waals surface area contributed by atoms with Crippen LogP contribution in [0.2, 0.25) is 10.0 Å². The molecule has 1 N–H and O–H groups in total. The van der Waals surface area contributed by atoms with Crippen LogP contribution in [0.1, 0.15) is 12.5 Å². The summed E-state index contributed by atoms with van der Waals surface area (Å²) in [5.41, 5.74) is 2.21. The largest absolute Gasteiger partial charge is 0.326 e. The van der Waals surface area contributed by atoms with Crippen LogP contribution in [0.4, 0.5) is 5.69 Å². The first kappa shape index (κ1) is 25.2. The smallest absolute Gasteiger partial charge is 0.228 e. The zero-order valence-corrected chi connectivity index (χ0v) is 20.9. The van der Waals surface area contributed by atoms with Crippen molar-refractivity contribution in [2.45, 2.75) is 23.1 Å². The standard InChI is InChI=1S/C23H21Cl2NO5S2/c1-3-33(30,31)19-10-6-16(7-11-19)23-20(24)13-17(14-21(23)25)26-22(27)12-15-4-8-18(9-5-15)32(2,28)29/h4-11,13-14H,3,12H2,1-2H3,(H,26,27). The zero-order chi connectivity index (χ0) is 24.4. The second kappa shape index (κ2) is 9.85. The molecule has 6 nitrogen and oxygen atoms in total. The summed E-state index contributed by atoms with van der Waals surface area (Å²) < 4.78 is 47.1. The quantitative estimate of drug-likeness (QED) is 0.465. The van der Waals surface area contributed by atoms with Crippen LogP contribution < -0.4 is 5.32 Å². The van der Waals surface area contributed by atoms with Crippen molar-refractivity contribution in [2.75, 3.05) is 17.3 Å². The van der Waals surface area contributed by atoms with E-state index in [1.54, 1.807) is 43.3 Å². The van der Waals surface area contributed by atoms with Gasteiger partial charge in [-0.2, -0.15) is 0 Å². The Morgan fingerprint density at radius 1 is 0.848 bits per heavy atom. The molecule has 0 atom stereocenters. The minimum absolute atomic E-state index is 0.00407.